The third-order valence-electron chi connectivity index (χ3n) is 2.05. The van der Waals surface area contributed by atoms with E-state index in [4.69, 9.17) is 4.74 Å². The normalized spacial score (nSPS) is 19.6. The number of hydrogen-bond acceptors (Lipinski definition) is 3. The van der Waals surface area contributed by atoms with Crippen LogP contribution >= 0.6 is 11.8 Å². The first-order valence-electron chi connectivity index (χ1n) is 4.16. The average Bonchev–Trinajstić information content (AvgIpc) is 2.15. The molecule has 1 rings (SSSR count). The van der Waals surface area contributed by atoms with E-state index < -0.39 is 0 Å². The number of amides is 1. The minimum atomic E-state index is 0.369. The van der Waals surface area contributed by atoms with Crippen LogP contribution in [0, 0.1) is 0 Å². The van der Waals surface area contributed by atoms with Crippen molar-refractivity contribution in [2.45, 2.75) is 18.9 Å². The van der Waals surface area contributed by atoms with Crippen LogP contribution in [0.25, 0.3) is 0 Å². The molecule has 1 fully saturated rings. The van der Waals surface area contributed by atoms with Gasteiger partial charge in [-0.05, 0) is 19.1 Å². The Kier molecular flexibility index (Phi) is 4.46. The van der Waals surface area contributed by atoms with Crippen molar-refractivity contribution in [2.75, 3.05) is 25.3 Å². The summed E-state index contributed by atoms with van der Waals surface area (Å²) in [6.45, 7) is 1.70. The van der Waals surface area contributed by atoms with Crippen LogP contribution < -0.4 is 0 Å². The molecule has 0 aliphatic carbocycles. The van der Waals surface area contributed by atoms with Gasteiger partial charge in [0.1, 0.15) is 0 Å². The lowest BCUT2D eigenvalue weighted by Gasteiger charge is -2.28. The molecule has 1 heterocycles. The van der Waals surface area contributed by atoms with E-state index in [2.05, 4.69) is 0 Å². The predicted octanol–water partition coefficient (Wildman–Crippen LogP) is 0.944. The number of carbonyl (C=O) groups excluding carboxylic acids is 1. The Morgan fingerprint density at radius 1 is 1.58 bits per heavy atom. The van der Waals surface area contributed by atoms with Crippen LogP contribution in [-0.4, -0.2) is 42.7 Å². The fourth-order valence-corrected chi connectivity index (χ4v) is 1.64. The summed E-state index contributed by atoms with van der Waals surface area (Å²) in [5.41, 5.74) is 0. The fraction of sp³-hybridized carbons (Fsp3) is 0.875. The molecule has 0 bridgehead atoms. The molecule has 12 heavy (non-hydrogen) atoms. The molecule has 0 aromatic heterocycles. The maximum absolute atomic E-state index is 10.4. The molecule has 0 saturated carbocycles. The van der Waals surface area contributed by atoms with Gasteiger partial charge in [0, 0.05) is 13.1 Å². The van der Waals surface area contributed by atoms with Crippen molar-refractivity contribution in [3.05, 3.63) is 0 Å². The zero-order valence-electron chi connectivity index (χ0n) is 7.36. The van der Waals surface area contributed by atoms with E-state index in [1.165, 1.54) is 0 Å². The zero-order chi connectivity index (χ0) is 8.81. The Morgan fingerprint density at radius 3 is 2.75 bits per heavy atom. The van der Waals surface area contributed by atoms with Gasteiger partial charge in [-0.25, -0.2) is 0 Å². The second-order valence-electron chi connectivity index (χ2n) is 2.91. The zero-order valence-corrected chi connectivity index (χ0v) is 8.18. The second kappa shape index (κ2) is 5.43. The molecule has 1 aliphatic rings. The summed E-state index contributed by atoms with van der Waals surface area (Å²) in [5, 5.41) is 0. The number of thioether (sulfide) groups is 1. The third-order valence-corrected chi connectivity index (χ3v) is 2.42. The molecule has 3 nitrogen and oxygen atoms in total. The topological polar surface area (TPSA) is 29.5 Å². The summed E-state index contributed by atoms with van der Waals surface area (Å²) in [6.07, 6.45) is 5.29. The average molecular weight is 189 g/mol. The van der Waals surface area contributed by atoms with E-state index in [1.54, 1.807) is 16.7 Å². The van der Waals surface area contributed by atoms with Gasteiger partial charge in [0.25, 0.3) is 0 Å². The van der Waals surface area contributed by atoms with Gasteiger partial charge in [0.05, 0.1) is 12.0 Å². The first-order chi connectivity index (χ1) is 5.86. The van der Waals surface area contributed by atoms with Gasteiger partial charge >= 0.3 is 0 Å². The molecule has 0 unspecified atom stereocenters. The van der Waals surface area contributed by atoms with Gasteiger partial charge < -0.3 is 9.64 Å². The number of likely N-dealkylation sites (tertiary alicyclic amines) is 1. The van der Waals surface area contributed by atoms with Crippen molar-refractivity contribution < 1.29 is 9.53 Å². The second-order valence-corrected chi connectivity index (χ2v) is 3.73. The summed E-state index contributed by atoms with van der Waals surface area (Å²) in [6, 6.07) is 0. The van der Waals surface area contributed by atoms with Crippen molar-refractivity contribution in [1.82, 2.24) is 4.90 Å². The molecular weight excluding hydrogens is 174 g/mol. The lowest BCUT2D eigenvalue weighted by atomic mass is 10.1. The number of ether oxygens (including phenoxy) is 1. The Bertz CT molecular complexity index is 135. The molecule has 1 aliphatic heterocycles. The summed E-state index contributed by atoms with van der Waals surface area (Å²) >= 11 is 1.70. The lowest BCUT2D eigenvalue weighted by Crippen LogP contribution is -2.35. The van der Waals surface area contributed by atoms with Crippen LogP contribution in [0.5, 0.6) is 0 Å². The smallest absolute Gasteiger partial charge is 0.209 e. The maximum Gasteiger partial charge on any atom is 0.209 e. The van der Waals surface area contributed by atoms with E-state index in [9.17, 15) is 4.79 Å². The van der Waals surface area contributed by atoms with Crippen LogP contribution in [0.1, 0.15) is 12.8 Å². The first-order valence-corrected chi connectivity index (χ1v) is 5.56. The van der Waals surface area contributed by atoms with Crippen LogP contribution in [0.3, 0.4) is 0 Å². The van der Waals surface area contributed by atoms with E-state index in [1.807, 2.05) is 6.26 Å². The third kappa shape index (κ3) is 3.03. The molecule has 4 heteroatoms. The van der Waals surface area contributed by atoms with Gasteiger partial charge in [0.2, 0.25) is 6.41 Å². The van der Waals surface area contributed by atoms with Gasteiger partial charge in [-0.15, -0.1) is 11.8 Å². The van der Waals surface area contributed by atoms with Gasteiger partial charge in [-0.2, -0.15) is 0 Å². The molecule has 70 valence electrons. The molecule has 0 atom stereocenters. The van der Waals surface area contributed by atoms with Gasteiger partial charge in [-0.3, -0.25) is 4.79 Å². The molecule has 0 spiro atoms. The molecular formula is C8H15NO2S. The molecule has 0 radical (unpaired) electrons. The Hall–Kier alpha value is -0.220. The minimum absolute atomic E-state index is 0.369. The minimum Gasteiger partial charge on any atom is -0.368 e. The Morgan fingerprint density at radius 2 is 2.25 bits per heavy atom. The highest BCUT2D eigenvalue weighted by Crippen LogP contribution is 2.13. The first kappa shape index (κ1) is 9.86. The SMILES string of the molecule is CSCOC1CCN(C=O)CC1. The van der Waals surface area contributed by atoms with Crippen molar-refractivity contribution in [1.29, 1.82) is 0 Å². The number of nitrogens with zero attached hydrogens (tertiary/aromatic N) is 1. The standard InChI is InChI=1S/C8H15NO2S/c1-12-7-11-8-2-4-9(6-10)5-3-8/h6,8H,2-5,7H2,1H3. The molecule has 1 saturated heterocycles. The quantitative estimate of drug-likeness (QED) is 0.487. The number of piperidine rings is 1. The largest absolute Gasteiger partial charge is 0.368 e. The number of carbonyl (C=O) groups is 1. The van der Waals surface area contributed by atoms with E-state index in [0.29, 0.717) is 6.10 Å². The summed E-state index contributed by atoms with van der Waals surface area (Å²) in [5.74, 6) is 0.770. The van der Waals surface area contributed by atoms with E-state index in [-0.39, 0.29) is 0 Å². The van der Waals surface area contributed by atoms with Crippen molar-refractivity contribution in [3.8, 4) is 0 Å². The van der Waals surface area contributed by atoms with E-state index in [0.717, 1.165) is 38.3 Å². The fourth-order valence-electron chi connectivity index (χ4n) is 1.31. The summed E-state index contributed by atoms with van der Waals surface area (Å²) in [7, 11) is 0. The predicted molar refractivity (Wildman–Crippen MR) is 50.1 cm³/mol. The van der Waals surface area contributed by atoms with Crippen molar-refractivity contribution >= 4 is 18.2 Å². The van der Waals surface area contributed by atoms with Gasteiger partial charge in [0.15, 0.2) is 0 Å². The molecule has 1 amide bonds. The highest BCUT2D eigenvalue weighted by Gasteiger charge is 2.17. The molecule has 0 aromatic rings. The van der Waals surface area contributed by atoms with Crippen LogP contribution in [-0.2, 0) is 9.53 Å². The Labute approximate surface area is 77.4 Å². The van der Waals surface area contributed by atoms with Crippen LogP contribution in [0.2, 0.25) is 0 Å². The summed E-state index contributed by atoms with van der Waals surface area (Å²) in [4.78, 5) is 12.2. The highest BCUT2D eigenvalue weighted by molar-refractivity contribution is 7.98. The highest BCUT2D eigenvalue weighted by atomic mass is 32.2. The maximum atomic E-state index is 10.4. The Balaban J connectivity index is 2.12. The molecule has 0 aromatic carbocycles. The molecule has 0 N–H and O–H groups in total. The monoisotopic (exact) mass is 189 g/mol. The number of hydrogen-bond donors (Lipinski definition) is 0. The van der Waals surface area contributed by atoms with Crippen molar-refractivity contribution in [2.24, 2.45) is 0 Å². The van der Waals surface area contributed by atoms with E-state index >= 15 is 0 Å². The summed E-state index contributed by atoms with van der Waals surface area (Å²) < 4.78 is 5.55. The number of rotatable bonds is 4. The van der Waals surface area contributed by atoms with Crippen LogP contribution in [0.4, 0.5) is 0 Å². The lowest BCUT2D eigenvalue weighted by molar-refractivity contribution is -0.120. The van der Waals surface area contributed by atoms with Gasteiger partial charge in [-0.1, -0.05) is 0 Å². The van der Waals surface area contributed by atoms with Crippen LogP contribution in [0.15, 0.2) is 0 Å². The van der Waals surface area contributed by atoms with Crippen molar-refractivity contribution in [3.63, 3.8) is 0 Å².